The van der Waals surface area contributed by atoms with Crippen molar-refractivity contribution in [2.75, 3.05) is 32.1 Å². The van der Waals surface area contributed by atoms with Crippen molar-refractivity contribution in [2.45, 2.75) is 33.1 Å². The van der Waals surface area contributed by atoms with Crippen molar-refractivity contribution in [3.05, 3.63) is 5.89 Å². The lowest BCUT2D eigenvalue weighted by Crippen LogP contribution is -2.37. The summed E-state index contributed by atoms with van der Waals surface area (Å²) >= 11 is 0. The zero-order valence-electron chi connectivity index (χ0n) is 12.9. The van der Waals surface area contributed by atoms with Crippen molar-refractivity contribution in [2.24, 2.45) is 0 Å². The minimum Gasteiger partial charge on any atom is -0.468 e. The zero-order chi connectivity index (χ0) is 15.8. The molecule has 1 N–H and O–H groups in total. The van der Waals surface area contributed by atoms with Crippen LogP contribution in [0.25, 0.3) is 0 Å². The summed E-state index contributed by atoms with van der Waals surface area (Å²) in [7, 11) is 1.32. The first kappa shape index (κ1) is 17.1. The molecule has 0 atom stereocenters. The first-order valence-corrected chi connectivity index (χ1v) is 6.88. The number of nitrogens with zero attached hydrogens (tertiary/aromatic N) is 3. The fourth-order valence-electron chi connectivity index (χ4n) is 1.66. The van der Waals surface area contributed by atoms with Crippen LogP contribution in [0.5, 0.6) is 0 Å². The van der Waals surface area contributed by atoms with E-state index in [0.29, 0.717) is 12.4 Å². The minimum absolute atomic E-state index is 0.0579. The van der Waals surface area contributed by atoms with Crippen LogP contribution in [0.15, 0.2) is 4.42 Å². The Morgan fingerprint density at radius 1 is 1.33 bits per heavy atom. The first-order chi connectivity index (χ1) is 9.96. The van der Waals surface area contributed by atoms with Gasteiger partial charge in [-0.15, -0.1) is 5.10 Å². The summed E-state index contributed by atoms with van der Waals surface area (Å²) in [6.45, 7) is 6.54. The van der Waals surface area contributed by atoms with Crippen LogP contribution in [0.2, 0.25) is 0 Å². The zero-order valence-corrected chi connectivity index (χ0v) is 12.9. The fourth-order valence-corrected chi connectivity index (χ4v) is 1.66. The van der Waals surface area contributed by atoms with Gasteiger partial charge in [0.2, 0.25) is 11.8 Å². The molecule has 0 radical (unpaired) electrons. The molecule has 0 aromatic carbocycles. The topological polar surface area (TPSA) is 97.6 Å². The minimum atomic E-state index is -0.379. The second-order valence-corrected chi connectivity index (χ2v) is 4.94. The van der Waals surface area contributed by atoms with Crippen LogP contribution in [0, 0.1) is 0 Å². The molecule has 8 nitrogen and oxygen atoms in total. The van der Waals surface area contributed by atoms with Crippen LogP contribution < -0.4 is 5.32 Å². The van der Waals surface area contributed by atoms with Crippen molar-refractivity contribution < 1.29 is 18.7 Å². The smallest absolute Gasteiger partial charge is 0.322 e. The normalized spacial score (nSPS) is 11.0. The molecule has 0 saturated carbocycles. The number of amides is 1. The van der Waals surface area contributed by atoms with Gasteiger partial charge < -0.3 is 9.15 Å². The predicted molar refractivity (Wildman–Crippen MR) is 75.8 cm³/mol. The third-order valence-electron chi connectivity index (χ3n) is 2.67. The number of nitrogens with one attached hydrogen (secondary N) is 1. The van der Waals surface area contributed by atoms with Gasteiger partial charge in [0.1, 0.15) is 0 Å². The molecule has 1 aromatic heterocycles. The fraction of sp³-hybridized carbons (Fsp3) is 0.692. The summed E-state index contributed by atoms with van der Waals surface area (Å²) in [4.78, 5) is 24.9. The predicted octanol–water partition coefficient (Wildman–Crippen LogP) is 1.02. The number of carbonyl (C=O) groups excluding carboxylic acids is 2. The van der Waals surface area contributed by atoms with Crippen LogP contribution in [-0.2, 0) is 14.3 Å². The molecule has 1 aromatic rings. The molecule has 21 heavy (non-hydrogen) atoms. The molecule has 0 aliphatic heterocycles. The van der Waals surface area contributed by atoms with Gasteiger partial charge in [0.15, 0.2) is 0 Å². The SMILES string of the molecule is CCCN(CC(=O)Nc1nnc(C(C)C)o1)CC(=O)OC. The van der Waals surface area contributed by atoms with E-state index in [1.807, 2.05) is 20.8 Å². The Morgan fingerprint density at radius 3 is 2.57 bits per heavy atom. The van der Waals surface area contributed by atoms with Crippen molar-refractivity contribution in [3.63, 3.8) is 0 Å². The average molecular weight is 298 g/mol. The van der Waals surface area contributed by atoms with Gasteiger partial charge in [0.05, 0.1) is 20.2 Å². The van der Waals surface area contributed by atoms with Crippen molar-refractivity contribution in [1.82, 2.24) is 15.1 Å². The quantitative estimate of drug-likeness (QED) is 0.715. The van der Waals surface area contributed by atoms with Gasteiger partial charge in [-0.2, -0.15) is 0 Å². The summed E-state index contributed by atoms with van der Waals surface area (Å²) in [5.41, 5.74) is 0. The molecule has 0 unspecified atom stereocenters. The Bertz CT molecular complexity index is 472. The number of anilines is 1. The van der Waals surface area contributed by atoms with Gasteiger partial charge >= 0.3 is 12.0 Å². The average Bonchev–Trinajstić information content (AvgIpc) is 2.87. The number of carbonyl (C=O) groups is 2. The lowest BCUT2D eigenvalue weighted by atomic mass is 10.2. The maximum atomic E-state index is 11.9. The van der Waals surface area contributed by atoms with Gasteiger partial charge in [0, 0.05) is 5.92 Å². The molecule has 1 rings (SSSR count). The van der Waals surface area contributed by atoms with E-state index in [9.17, 15) is 9.59 Å². The molecule has 0 bridgehead atoms. The monoisotopic (exact) mass is 298 g/mol. The van der Waals surface area contributed by atoms with E-state index in [4.69, 9.17) is 4.42 Å². The van der Waals surface area contributed by atoms with Gasteiger partial charge in [-0.1, -0.05) is 25.9 Å². The molecule has 0 aliphatic carbocycles. The molecule has 0 saturated heterocycles. The van der Waals surface area contributed by atoms with Gasteiger partial charge in [-0.25, -0.2) is 0 Å². The standard InChI is InChI=1S/C13H22N4O4/c1-5-6-17(8-11(19)20-4)7-10(18)14-13-16-15-12(21-13)9(2)3/h9H,5-8H2,1-4H3,(H,14,16,18). The molecule has 1 amide bonds. The third-order valence-corrected chi connectivity index (χ3v) is 2.67. The number of ether oxygens (including phenoxy) is 1. The highest BCUT2D eigenvalue weighted by Gasteiger charge is 2.16. The Morgan fingerprint density at radius 2 is 2.05 bits per heavy atom. The highest BCUT2D eigenvalue weighted by atomic mass is 16.5. The summed E-state index contributed by atoms with van der Waals surface area (Å²) in [5.74, 6) is -0.133. The number of aromatic nitrogens is 2. The highest BCUT2D eigenvalue weighted by molar-refractivity contribution is 5.90. The van der Waals surface area contributed by atoms with Gasteiger partial charge in [-0.05, 0) is 13.0 Å². The molecule has 8 heteroatoms. The first-order valence-electron chi connectivity index (χ1n) is 6.88. The molecule has 0 spiro atoms. The third kappa shape index (κ3) is 5.90. The van der Waals surface area contributed by atoms with Crippen molar-refractivity contribution in [3.8, 4) is 0 Å². The summed E-state index contributed by atoms with van der Waals surface area (Å²) in [6, 6.07) is 0.0678. The van der Waals surface area contributed by atoms with Gasteiger partial charge in [0.25, 0.3) is 0 Å². The summed E-state index contributed by atoms with van der Waals surface area (Å²) < 4.78 is 9.90. The summed E-state index contributed by atoms with van der Waals surface area (Å²) in [6.07, 6.45) is 0.822. The van der Waals surface area contributed by atoms with Crippen molar-refractivity contribution in [1.29, 1.82) is 0 Å². The maximum absolute atomic E-state index is 11.9. The largest absolute Gasteiger partial charge is 0.468 e. The number of methoxy groups -OCH3 is 1. The van der Waals surface area contributed by atoms with E-state index in [1.54, 1.807) is 4.90 Å². The highest BCUT2D eigenvalue weighted by Crippen LogP contribution is 2.14. The van der Waals surface area contributed by atoms with E-state index in [-0.39, 0.29) is 36.9 Å². The lowest BCUT2D eigenvalue weighted by molar-refractivity contribution is -0.142. The van der Waals surface area contributed by atoms with E-state index in [2.05, 4.69) is 20.3 Å². The van der Waals surface area contributed by atoms with E-state index in [1.165, 1.54) is 7.11 Å². The Balaban J connectivity index is 2.54. The Kier molecular flexibility index (Phi) is 6.80. The number of hydrogen-bond acceptors (Lipinski definition) is 7. The number of hydrogen-bond donors (Lipinski definition) is 1. The second kappa shape index (κ2) is 8.35. The maximum Gasteiger partial charge on any atom is 0.322 e. The van der Waals surface area contributed by atoms with Crippen LogP contribution in [-0.4, -0.2) is 53.7 Å². The second-order valence-electron chi connectivity index (χ2n) is 4.94. The number of esters is 1. The number of rotatable bonds is 8. The molecular weight excluding hydrogens is 276 g/mol. The summed E-state index contributed by atoms with van der Waals surface area (Å²) in [5, 5.41) is 10.1. The molecule has 118 valence electrons. The van der Waals surface area contributed by atoms with Crippen molar-refractivity contribution >= 4 is 17.9 Å². The Hall–Kier alpha value is -1.96. The van der Waals surface area contributed by atoms with Crippen LogP contribution in [0.4, 0.5) is 6.01 Å². The molecule has 1 heterocycles. The lowest BCUT2D eigenvalue weighted by Gasteiger charge is -2.18. The Labute approximate surface area is 123 Å². The molecular formula is C13H22N4O4. The van der Waals surface area contributed by atoms with E-state index in [0.717, 1.165) is 6.42 Å². The van der Waals surface area contributed by atoms with E-state index >= 15 is 0 Å². The molecule has 0 fully saturated rings. The molecule has 0 aliphatic rings. The van der Waals surface area contributed by atoms with Crippen LogP contribution in [0.1, 0.15) is 39.0 Å². The van der Waals surface area contributed by atoms with Crippen LogP contribution >= 0.6 is 0 Å². The van der Waals surface area contributed by atoms with E-state index < -0.39 is 0 Å². The van der Waals surface area contributed by atoms with Crippen LogP contribution in [0.3, 0.4) is 0 Å². The van der Waals surface area contributed by atoms with Gasteiger partial charge in [-0.3, -0.25) is 19.8 Å².